The van der Waals surface area contributed by atoms with Crippen LogP contribution in [-0.2, 0) is 4.74 Å². The predicted octanol–water partition coefficient (Wildman–Crippen LogP) is -2.01. The van der Waals surface area contributed by atoms with Gasteiger partial charge in [0.15, 0.2) is 5.76 Å². The van der Waals surface area contributed by atoms with Gasteiger partial charge in [0, 0.05) is 18.2 Å². The van der Waals surface area contributed by atoms with E-state index >= 15 is 0 Å². The van der Waals surface area contributed by atoms with Crippen LogP contribution < -0.4 is 23.1 Å². The summed E-state index contributed by atoms with van der Waals surface area (Å²) >= 11 is 0. The first-order valence-corrected chi connectivity index (χ1v) is 4.58. The molecule has 2 aliphatic rings. The zero-order chi connectivity index (χ0) is 9.26. The Bertz CT molecular complexity index is 307. The van der Waals surface area contributed by atoms with Gasteiger partial charge in [-0.15, -0.1) is 12.4 Å². The lowest BCUT2D eigenvalue weighted by molar-refractivity contribution is -0.00000333. The molecule has 0 bridgehead atoms. The van der Waals surface area contributed by atoms with Crippen molar-refractivity contribution in [1.29, 1.82) is 0 Å². The highest BCUT2D eigenvalue weighted by atomic mass is 35.5. The molecular formula is C10H15Cl2N2O. The van der Waals surface area contributed by atoms with Crippen molar-refractivity contribution in [2.45, 2.75) is 12.8 Å². The molecule has 15 heavy (non-hydrogen) atoms. The number of hydrogen-bond acceptors (Lipinski definition) is 3. The Labute approximate surface area is 102 Å². The predicted molar refractivity (Wildman–Crippen MR) is 59.3 cm³/mol. The molecule has 0 unspecified atom stereocenters. The standard InChI is InChI=1S/C10H14N2O.2ClH/c1-13-10-6-12-9(7-2-3-7)4-8(10)5-11;;/h4,6-7H,2-3,5,11H2,1H3;2*1H/q+1;;/p-1. The van der Waals surface area contributed by atoms with Crippen LogP contribution in [0.4, 0.5) is 0 Å². The van der Waals surface area contributed by atoms with Crippen LogP contribution in [0, 0.1) is 5.92 Å². The number of nitrogens with two attached hydrogens (primary N) is 1. The van der Waals surface area contributed by atoms with Crippen LogP contribution in [0.1, 0.15) is 12.8 Å². The first kappa shape index (κ1) is 14.5. The second kappa shape index (κ2) is 6.16. The van der Waals surface area contributed by atoms with Gasteiger partial charge in [0.05, 0.1) is 18.0 Å². The number of allylic oxidation sites excluding steroid dienone is 1. The highest BCUT2D eigenvalue weighted by Gasteiger charge is 2.35. The fraction of sp³-hybridized carbons (Fsp3) is 0.500. The number of rotatable bonds is 3. The van der Waals surface area contributed by atoms with Gasteiger partial charge in [-0.25, -0.2) is 0 Å². The second-order valence-corrected chi connectivity index (χ2v) is 3.40. The zero-order valence-corrected chi connectivity index (χ0v) is 10.1. The van der Waals surface area contributed by atoms with Crippen LogP contribution >= 0.6 is 12.4 Å². The van der Waals surface area contributed by atoms with Crippen molar-refractivity contribution in [2.75, 3.05) is 13.7 Å². The van der Waals surface area contributed by atoms with Gasteiger partial charge >= 0.3 is 0 Å². The number of methoxy groups -OCH3 is 1. The fourth-order valence-electron chi connectivity index (χ4n) is 1.45. The van der Waals surface area contributed by atoms with Gasteiger partial charge in [-0.1, -0.05) is 0 Å². The third kappa shape index (κ3) is 3.23. The van der Waals surface area contributed by atoms with Crippen LogP contribution in [0.25, 0.3) is 0 Å². The average molecular weight is 250 g/mol. The minimum atomic E-state index is 0. The number of hydrogen-bond donors (Lipinski definition) is 1. The fourth-order valence-corrected chi connectivity index (χ4v) is 1.45. The van der Waals surface area contributed by atoms with E-state index in [0.29, 0.717) is 12.5 Å². The Balaban J connectivity index is 0.000000980. The molecule has 1 aliphatic heterocycles. The van der Waals surface area contributed by atoms with Crippen molar-refractivity contribution < 1.29 is 17.1 Å². The third-order valence-electron chi connectivity index (χ3n) is 2.40. The molecule has 2 N–H and O–H groups in total. The molecule has 0 aromatic rings. The van der Waals surface area contributed by atoms with Crippen LogP contribution in [0.3, 0.4) is 0 Å². The first-order valence-electron chi connectivity index (χ1n) is 4.58. The maximum absolute atomic E-state index is 5.61. The molecule has 2 rings (SSSR count). The highest BCUT2D eigenvalue weighted by molar-refractivity contribution is 5.99. The average Bonchev–Trinajstić information content (AvgIpc) is 3.00. The first-order chi connectivity index (χ1) is 6.35. The molecule has 1 aliphatic carbocycles. The van der Waals surface area contributed by atoms with Crippen molar-refractivity contribution in [3.05, 3.63) is 23.6 Å². The van der Waals surface area contributed by atoms with Crippen molar-refractivity contribution in [2.24, 2.45) is 11.7 Å². The summed E-state index contributed by atoms with van der Waals surface area (Å²) in [4.78, 5) is 4.34. The lowest BCUT2D eigenvalue weighted by Crippen LogP contribution is -3.00. The molecule has 5 heteroatoms. The van der Waals surface area contributed by atoms with Crippen molar-refractivity contribution in [3.63, 3.8) is 0 Å². The summed E-state index contributed by atoms with van der Waals surface area (Å²) in [6, 6.07) is 0. The van der Waals surface area contributed by atoms with Crippen molar-refractivity contribution >= 4 is 18.1 Å². The molecule has 3 nitrogen and oxygen atoms in total. The summed E-state index contributed by atoms with van der Waals surface area (Å²) in [6.07, 6.45) is 6.37. The molecule has 0 atom stereocenters. The van der Waals surface area contributed by atoms with Gasteiger partial charge in [-0.05, 0) is 12.8 Å². The van der Waals surface area contributed by atoms with E-state index in [1.807, 2.05) is 0 Å². The Morgan fingerprint density at radius 3 is 2.67 bits per heavy atom. The summed E-state index contributed by atoms with van der Waals surface area (Å²) in [5, 5.41) is 0. The molecule has 0 amide bonds. The molecule has 1 fully saturated rings. The van der Waals surface area contributed by atoms with Gasteiger partial charge in [-0.3, -0.25) is 0 Å². The molecule has 1 saturated carbocycles. The van der Waals surface area contributed by atoms with E-state index in [4.69, 9.17) is 10.5 Å². The van der Waals surface area contributed by atoms with Crippen LogP contribution in [0.2, 0.25) is 0 Å². The van der Waals surface area contributed by atoms with E-state index in [-0.39, 0.29) is 24.8 Å². The normalized spacial score (nSPS) is 18.9. The minimum Gasteiger partial charge on any atom is -1.00 e. The molecule has 1 radical (unpaired) electrons. The summed E-state index contributed by atoms with van der Waals surface area (Å²) in [5.41, 5.74) is 7.83. The van der Waals surface area contributed by atoms with Crippen LogP contribution in [0.5, 0.6) is 0 Å². The van der Waals surface area contributed by atoms with Gasteiger partial charge in [0.1, 0.15) is 0 Å². The molecule has 0 aromatic carbocycles. The highest BCUT2D eigenvalue weighted by Crippen LogP contribution is 2.31. The SMILES string of the molecule is COC1=C[N+]=C(C2CC2)C=C1CN.Cl.[Cl-]. The Hall–Kier alpha value is -0.510. The number of halogens is 2. The number of nitrogens with zero attached hydrogens (tertiary/aromatic N) is 1. The Morgan fingerprint density at radius 2 is 2.20 bits per heavy atom. The van der Waals surface area contributed by atoms with Crippen LogP contribution in [-0.4, -0.2) is 19.4 Å². The maximum Gasteiger partial charge on any atom is 0.284 e. The quantitative estimate of drug-likeness (QED) is 0.629. The smallest absolute Gasteiger partial charge is 0.284 e. The maximum atomic E-state index is 5.61. The van der Waals surface area contributed by atoms with Crippen molar-refractivity contribution in [1.82, 2.24) is 4.99 Å². The minimum absolute atomic E-state index is 0. The van der Waals surface area contributed by atoms with Gasteiger partial charge in [-0.2, -0.15) is 0 Å². The van der Waals surface area contributed by atoms with E-state index in [0.717, 1.165) is 11.3 Å². The largest absolute Gasteiger partial charge is 1.00 e. The summed E-state index contributed by atoms with van der Waals surface area (Å²) < 4.78 is 5.15. The molecule has 0 saturated heterocycles. The van der Waals surface area contributed by atoms with E-state index in [1.165, 1.54) is 18.6 Å². The lowest BCUT2D eigenvalue weighted by Gasteiger charge is -2.06. The Morgan fingerprint density at radius 1 is 1.53 bits per heavy atom. The van der Waals surface area contributed by atoms with E-state index in [2.05, 4.69) is 11.1 Å². The molecule has 0 spiro atoms. The zero-order valence-electron chi connectivity index (χ0n) is 8.57. The molecule has 0 aromatic heterocycles. The molecule has 85 valence electrons. The van der Waals surface area contributed by atoms with E-state index in [9.17, 15) is 0 Å². The van der Waals surface area contributed by atoms with E-state index in [1.54, 1.807) is 13.3 Å². The molecule has 1 heterocycles. The van der Waals surface area contributed by atoms with Gasteiger partial charge in [0.25, 0.3) is 11.9 Å². The molecular weight excluding hydrogens is 235 g/mol. The van der Waals surface area contributed by atoms with Crippen LogP contribution in [0.15, 0.2) is 23.6 Å². The van der Waals surface area contributed by atoms with Crippen molar-refractivity contribution in [3.8, 4) is 0 Å². The number of aliphatic imine (C=N–C) groups is 1. The summed E-state index contributed by atoms with van der Waals surface area (Å²) in [5.74, 6) is 1.48. The van der Waals surface area contributed by atoms with E-state index < -0.39 is 0 Å². The topological polar surface area (TPSA) is 49.4 Å². The lowest BCUT2D eigenvalue weighted by atomic mass is 10.1. The number of ether oxygens (including phenoxy) is 1. The van der Waals surface area contributed by atoms with Gasteiger partial charge in [0.2, 0.25) is 0 Å². The summed E-state index contributed by atoms with van der Waals surface area (Å²) in [7, 11) is 1.65. The Kier molecular flexibility index (Phi) is 5.95. The third-order valence-corrected chi connectivity index (χ3v) is 2.40. The second-order valence-electron chi connectivity index (χ2n) is 3.40. The van der Waals surface area contributed by atoms with Gasteiger partial charge < -0.3 is 22.9 Å². The summed E-state index contributed by atoms with van der Waals surface area (Å²) in [6.45, 7) is 0.519. The monoisotopic (exact) mass is 249 g/mol.